The van der Waals surface area contributed by atoms with Crippen molar-refractivity contribution in [1.82, 2.24) is 15.0 Å². The molecule has 0 aromatic carbocycles. The molecule has 15 heavy (non-hydrogen) atoms. The summed E-state index contributed by atoms with van der Waals surface area (Å²) in [4.78, 5) is 11.9. The van der Waals surface area contributed by atoms with Crippen molar-refractivity contribution < 1.29 is 0 Å². The fourth-order valence-electron chi connectivity index (χ4n) is 1.85. The summed E-state index contributed by atoms with van der Waals surface area (Å²) < 4.78 is 0. The van der Waals surface area contributed by atoms with E-state index in [1.165, 1.54) is 0 Å². The maximum atomic E-state index is 5.75. The van der Waals surface area contributed by atoms with Crippen LogP contribution in [0.15, 0.2) is 12.1 Å². The lowest BCUT2D eigenvalue weighted by atomic mass is 10.1. The monoisotopic (exact) mass is 203 g/mol. The van der Waals surface area contributed by atoms with Crippen molar-refractivity contribution in [3.63, 3.8) is 0 Å². The molecule has 2 heterocycles. The summed E-state index contributed by atoms with van der Waals surface area (Å²) >= 11 is 0. The number of hydrogen-bond donors (Lipinski definition) is 3. The summed E-state index contributed by atoms with van der Waals surface area (Å²) in [5.74, 6) is 1.45. The fourth-order valence-corrected chi connectivity index (χ4v) is 1.85. The molecule has 1 aliphatic carbocycles. The average Bonchev–Trinajstić information content (AvgIpc) is 2.93. The zero-order valence-corrected chi connectivity index (χ0v) is 8.33. The number of nitrogens with zero attached hydrogens (tertiary/aromatic N) is 2. The Hall–Kier alpha value is -1.62. The minimum absolute atomic E-state index is 0.0788. The van der Waals surface area contributed by atoms with Gasteiger partial charge in [-0.1, -0.05) is 0 Å². The van der Waals surface area contributed by atoms with Crippen LogP contribution in [0.2, 0.25) is 0 Å². The SMILES string of the molecule is NCC1(c2nc3nc(N)ccc3[nH]2)CC1. The summed E-state index contributed by atoms with van der Waals surface area (Å²) in [6, 6.07) is 3.67. The highest BCUT2D eigenvalue weighted by Crippen LogP contribution is 2.46. The first-order chi connectivity index (χ1) is 7.23. The number of anilines is 1. The molecule has 0 atom stereocenters. The van der Waals surface area contributed by atoms with E-state index < -0.39 is 0 Å². The van der Waals surface area contributed by atoms with E-state index in [1.54, 1.807) is 6.07 Å². The highest BCUT2D eigenvalue weighted by molar-refractivity contribution is 5.72. The molecule has 2 aromatic rings. The minimum atomic E-state index is 0.0788. The largest absolute Gasteiger partial charge is 0.384 e. The first-order valence-corrected chi connectivity index (χ1v) is 5.06. The third kappa shape index (κ3) is 1.20. The van der Waals surface area contributed by atoms with Gasteiger partial charge in [-0.15, -0.1) is 0 Å². The average molecular weight is 203 g/mol. The molecule has 78 valence electrons. The number of nitrogens with two attached hydrogens (primary N) is 2. The van der Waals surface area contributed by atoms with E-state index in [9.17, 15) is 0 Å². The molecule has 5 N–H and O–H groups in total. The second-order valence-corrected chi connectivity index (χ2v) is 4.18. The number of aromatic amines is 1. The molecule has 1 fully saturated rings. The zero-order chi connectivity index (χ0) is 10.5. The van der Waals surface area contributed by atoms with Gasteiger partial charge in [-0.3, -0.25) is 0 Å². The highest BCUT2D eigenvalue weighted by atomic mass is 15.0. The van der Waals surface area contributed by atoms with Crippen molar-refractivity contribution in [2.24, 2.45) is 5.73 Å². The second-order valence-electron chi connectivity index (χ2n) is 4.18. The van der Waals surface area contributed by atoms with Crippen molar-refractivity contribution in [2.75, 3.05) is 12.3 Å². The van der Waals surface area contributed by atoms with Crippen LogP contribution in [-0.2, 0) is 5.41 Å². The van der Waals surface area contributed by atoms with Crippen LogP contribution in [0.1, 0.15) is 18.7 Å². The summed E-state index contributed by atoms with van der Waals surface area (Å²) in [6.45, 7) is 0.641. The van der Waals surface area contributed by atoms with E-state index in [0.717, 1.165) is 24.2 Å². The predicted molar refractivity (Wildman–Crippen MR) is 58.3 cm³/mol. The topological polar surface area (TPSA) is 93.6 Å². The van der Waals surface area contributed by atoms with Crippen molar-refractivity contribution >= 4 is 17.0 Å². The maximum Gasteiger partial charge on any atom is 0.179 e. The molecule has 0 amide bonds. The standard InChI is InChI=1S/C10H13N5/c11-5-10(3-4-10)9-13-6-1-2-7(12)14-8(6)15-9/h1-2H,3-5,11H2,(H3,12,13,14,15). The van der Waals surface area contributed by atoms with E-state index in [4.69, 9.17) is 11.5 Å². The van der Waals surface area contributed by atoms with Crippen LogP contribution in [0.3, 0.4) is 0 Å². The normalized spacial score (nSPS) is 18.2. The van der Waals surface area contributed by atoms with Gasteiger partial charge in [-0.2, -0.15) is 0 Å². The number of nitrogen functional groups attached to an aromatic ring is 1. The Kier molecular flexibility index (Phi) is 1.56. The van der Waals surface area contributed by atoms with Crippen LogP contribution in [0.4, 0.5) is 5.82 Å². The Balaban J connectivity index is 2.14. The van der Waals surface area contributed by atoms with Crippen LogP contribution < -0.4 is 11.5 Å². The lowest BCUT2D eigenvalue weighted by molar-refractivity contribution is 0.661. The van der Waals surface area contributed by atoms with Crippen molar-refractivity contribution in [1.29, 1.82) is 0 Å². The number of nitrogens with one attached hydrogen (secondary N) is 1. The van der Waals surface area contributed by atoms with Gasteiger partial charge in [0.25, 0.3) is 0 Å². The van der Waals surface area contributed by atoms with E-state index in [1.807, 2.05) is 6.07 Å². The lowest BCUT2D eigenvalue weighted by Gasteiger charge is -2.06. The molecule has 0 radical (unpaired) electrons. The van der Waals surface area contributed by atoms with E-state index in [-0.39, 0.29) is 5.41 Å². The van der Waals surface area contributed by atoms with Crippen molar-refractivity contribution in [3.05, 3.63) is 18.0 Å². The third-order valence-electron chi connectivity index (χ3n) is 3.11. The van der Waals surface area contributed by atoms with E-state index in [0.29, 0.717) is 18.0 Å². The molecule has 0 bridgehead atoms. The minimum Gasteiger partial charge on any atom is -0.384 e. The highest BCUT2D eigenvalue weighted by Gasteiger charge is 2.45. The summed E-state index contributed by atoms with van der Waals surface area (Å²) in [7, 11) is 0. The number of aromatic nitrogens is 3. The van der Waals surface area contributed by atoms with Gasteiger partial charge in [0.15, 0.2) is 5.65 Å². The Bertz CT molecular complexity index is 512. The van der Waals surface area contributed by atoms with Crippen molar-refractivity contribution in [3.8, 4) is 0 Å². The molecular formula is C10H13N5. The maximum absolute atomic E-state index is 5.75. The first kappa shape index (κ1) is 8.67. The molecule has 0 aliphatic heterocycles. The summed E-state index contributed by atoms with van der Waals surface area (Å²) in [5.41, 5.74) is 13.0. The number of fused-ring (bicyclic) bond motifs is 1. The van der Waals surface area contributed by atoms with Gasteiger partial charge >= 0.3 is 0 Å². The van der Waals surface area contributed by atoms with Gasteiger partial charge < -0.3 is 16.5 Å². The number of rotatable bonds is 2. The molecule has 1 aliphatic rings. The number of hydrogen-bond acceptors (Lipinski definition) is 4. The van der Waals surface area contributed by atoms with Crippen LogP contribution >= 0.6 is 0 Å². The van der Waals surface area contributed by atoms with Gasteiger partial charge in [0.2, 0.25) is 0 Å². The van der Waals surface area contributed by atoms with Gasteiger partial charge in [0.05, 0.1) is 5.52 Å². The number of imidazole rings is 1. The second kappa shape index (κ2) is 2.70. The predicted octanol–water partition coefficient (Wildman–Crippen LogP) is 0.530. The Labute approximate surface area is 86.9 Å². The molecular weight excluding hydrogens is 190 g/mol. The molecule has 0 saturated heterocycles. The van der Waals surface area contributed by atoms with Gasteiger partial charge in [-0.25, -0.2) is 9.97 Å². The molecule has 0 unspecified atom stereocenters. The molecule has 1 saturated carbocycles. The van der Waals surface area contributed by atoms with Crippen LogP contribution in [0.25, 0.3) is 11.2 Å². The zero-order valence-electron chi connectivity index (χ0n) is 8.33. The first-order valence-electron chi connectivity index (χ1n) is 5.06. The van der Waals surface area contributed by atoms with Gasteiger partial charge in [0.1, 0.15) is 11.6 Å². The van der Waals surface area contributed by atoms with E-state index in [2.05, 4.69) is 15.0 Å². The summed E-state index contributed by atoms with van der Waals surface area (Å²) in [6.07, 6.45) is 2.22. The van der Waals surface area contributed by atoms with Crippen LogP contribution in [0.5, 0.6) is 0 Å². The third-order valence-corrected chi connectivity index (χ3v) is 3.11. The molecule has 5 heteroatoms. The van der Waals surface area contributed by atoms with Gasteiger partial charge in [0, 0.05) is 12.0 Å². The number of H-pyrrole nitrogens is 1. The molecule has 3 rings (SSSR count). The quantitative estimate of drug-likeness (QED) is 0.663. The number of pyridine rings is 1. The lowest BCUT2D eigenvalue weighted by Crippen LogP contribution is -2.21. The smallest absolute Gasteiger partial charge is 0.179 e. The molecule has 5 nitrogen and oxygen atoms in total. The van der Waals surface area contributed by atoms with Crippen LogP contribution in [-0.4, -0.2) is 21.5 Å². The van der Waals surface area contributed by atoms with Crippen molar-refractivity contribution in [2.45, 2.75) is 18.3 Å². The Morgan fingerprint density at radius 3 is 2.80 bits per heavy atom. The molecule has 2 aromatic heterocycles. The fraction of sp³-hybridized carbons (Fsp3) is 0.400. The Morgan fingerprint density at radius 1 is 1.33 bits per heavy atom. The Morgan fingerprint density at radius 2 is 2.13 bits per heavy atom. The summed E-state index contributed by atoms with van der Waals surface area (Å²) in [5, 5.41) is 0. The van der Waals surface area contributed by atoms with E-state index >= 15 is 0 Å². The van der Waals surface area contributed by atoms with Gasteiger partial charge in [-0.05, 0) is 25.0 Å². The molecule has 0 spiro atoms. The van der Waals surface area contributed by atoms with Crippen LogP contribution in [0, 0.1) is 0 Å².